The minimum atomic E-state index is -0.771. The highest BCUT2D eigenvalue weighted by Crippen LogP contribution is 2.23. The summed E-state index contributed by atoms with van der Waals surface area (Å²) in [7, 11) is 0. The van der Waals surface area contributed by atoms with Gasteiger partial charge in [0.05, 0.1) is 0 Å². The minimum absolute atomic E-state index is 0.00328. The molecule has 0 aromatic heterocycles. The van der Waals surface area contributed by atoms with E-state index in [0.717, 1.165) is 44.9 Å². The lowest BCUT2D eigenvalue weighted by atomic mass is 10.0. The van der Waals surface area contributed by atoms with E-state index in [0.29, 0.717) is 12.3 Å². The van der Waals surface area contributed by atoms with Crippen molar-refractivity contribution in [2.24, 2.45) is 11.8 Å². The van der Waals surface area contributed by atoms with Gasteiger partial charge in [-0.05, 0) is 50.9 Å². The van der Waals surface area contributed by atoms with Crippen LogP contribution in [0.3, 0.4) is 0 Å². The van der Waals surface area contributed by atoms with Crippen molar-refractivity contribution in [2.75, 3.05) is 0 Å². The Kier molecular flexibility index (Phi) is 8.51. The molecule has 0 bridgehead atoms. The molecule has 1 saturated carbocycles. The Balaban J connectivity index is 2.55. The van der Waals surface area contributed by atoms with E-state index in [1.165, 1.54) is 0 Å². The van der Waals surface area contributed by atoms with Crippen LogP contribution in [0.5, 0.6) is 0 Å². The third-order valence-corrected chi connectivity index (χ3v) is 4.19. The molecule has 4 nitrogen and oxygen atoms in total. The second-order valence-corrected chi connectivity index (χ2v) is 6.78. The van der Waals surface area contributed by atoms with Crippen LogP contribution in [0.4, 0.5) is 0 Å². The van der Waals surface area contributed by atoms with Crippen LogP contribution in [0.2, 0.25) is 0 Å². The summed E-state index contributed by atoms with van der Waals surface area (Å²) in [5.41, 5.74) is 0. The third kappa shape index (κ3) is 6.37. The second-order valence-electron chi connectivity index (χ2n) is 6.78. The van der Waals surface area contributed by atoms with Gasteiger partial charge in [-0.15, -0.1) is 0 Å². The number of carbonyl (C=O) groups excluding carboxylic acids is 2. The molecule has 1 aliphatic rings. The molecule has 0 N–H and O–H groups in total. The largest absolute Gasteiger partial charge is 0.462 e. The zero-order chi connectivity index (χ0) is 16.5. The monoisotopic (exact) mass is 312 g/mol. The molecule has 0 aliphatic heterocycles. The van der Waals surface area contributed by atoms with Crippen molar-refractivity contribution in [3.05, 3.63) is 0 Å². The van der Waals surface area contributed by atoms with E-state index in [1.807, 2.05) is 6.92 Å². The molecule has 2 atom stereocenters. The van der Waals surface area contributed by atoms with Crippen molar-refractivity contribution in [3.63, 3.8) is 0 Å². The quantitative estimate of drug-likeness (QED) is 0.471. The fraction of sp³-hybridized carbons (Fsp3) is 0.889. The Morgan fingerprint density at radius 2 is 1.73 bits per heavy atom. The normalized spacial score (nSPS) is 18.2. The van der Waals surface area contributed by atoms with Gasteiger partial charge in [-0.1, -0.05) is 34.1 Å². The number of esters is 2. The summed E-state index contributed by atoms with van der Waals surface area (Å²) in [6, 6.07) is 0. The maximum Gasteiger partial charge on any atom is 0.320 e. The van der Waals surface area contributed by atoms with Crippen molar-refractivity contribution >= 4 is 11.9 Å². The second kappa shape index (κ2) is 9.86. The molecular weight excluding hydrogens is 280 g/mol. The van der Waals surface area contributed by atoms with Crippen molar-refractivity contribution in [1.29, 1.82) is 0 Å². The predicted octanol–water partition coefficient (Wildman–Crippen LogP) is 4.26. The molecule has 22 heavy (non-hydrogen) atoms. The van der Waals surface area contributed by atoms with E-state index in [2.05, 4.69) is 20.8 Å². The zero-order valence-corrected chi connectivity index (χ0v) is 14.6. The van der Waals surface area contributed by atoms with Gasteiger partial charge >= 0.3 is 11.9 Å². The molecular formula is C18H32O4. The maximum absolute atomic E-state index is 12.3. The van der Waals surface area contributed by atoms with Crippen molar-refractivity contribution in [1.82, 2.24) is 0 Å². The summed E-state index contributed by atoms with van der Waals surface area (Å²) in [5.74, 6) is -1.12. The van der Waals surface area contributed by atoms with Crippen LogP contribution in [0.25, 0.3) is 0 Å². The van der Waals surface area contributed by atoms with Crippen LogP contribution in [-0.4, -0.2) is 24.1 Å². The van der Waals surface area contributed by atoms with Gasteiger partial charge in [0.15, 0.2) is 5.92 Å². The SMILES string of the molecule is CCCC(CC(C)C)OC(=O)C(CC)C(=O)OC1CCCC1. The van der Waals surface area contributed by atoms with Gasteiger partial charge in [-0.3, -0.25) is 9.59 Å². The molecule has 2 unspecified atom stereocenters. The van der Waals surface area contributed by atoms with Crippen LogP contribution >= 0.6 is 0 Å². The molecule has 1 rings (SSSR count). The molecule has 1 aliphatic carbocycles. The molecule has 1 fully saturated rings. The maximum atomic E-state index is 12.3. The number of rotatable bonds is 9. The fourth-order valence-electron chi connectivity index (χ4n) is 3.00. The summed E-state index contributed by atoms with van der Waals surface area (Å²) in [6.45, 7) is 8.14. The molecule has 0 aromatic rings. The van der Waals surface area contributed by atoms with Crippen LogP contribution in [0.1, 0.15) is 79.1 Å². The summed E-state index contributed by atoms with van der Waals surface area (Å²) in [4.78, 5) is 24.5. The van der Waals surface area contributed by atoms with Crippen molar-refractivity contribution in [3.8, 4) is 0 Å². The number of hydrogen-bond donors (Lipinski definition) is 0. The van der Waals surface area contributed by atoms with Crippen molar-refractivity contribution in [2.45, 2.75) is 91.3 Å². The molecule has 0 saturated heterocycles. The topological polar surface area (TPSA) is 52.6 Å². The number of ether oxygens (including phenoxy) is 2. The fourth-order valence-corrected chi connectivity index (χ4v) is 3.00. The standard InChI is InChI=1S/C18H32O4/c1-5-9-15(12-13(3)4)22-18(20)16(6-2)17(19)21-14-10-7-8-11-14/h13-16H,5-12H2,1-4H3. The minimum Gasteiger partial charge on any atom is -0.462 e. The first-order chi connectivity index (χ1) is 10.5. The van der Waals surface area contributed by atoms with E-state index in [1.54, 1.807) is 0 Å². The smallest absolute Gasteiger partial charge is 0.320 e. The highest BCUT2D eigenvalue weighted by Gasteiger charge is 2.32. The lowest BCUT2D eigenvalue weighted by Gasteiger charge is -2.22. The van der Waals surface area contributed by atoms with Crippen LogP contribution < -0.4 is 0 Å². The first kappa shape index (κ1) is 19.0. The number of hydrogen-bond acceptors (Lipinski definition) is 4. The third-order valence-electron chi connectivity index (χ3n) is 4.19. The average Bonchev–Trinajstić information content (AvgIpc) is 2.91. The van der Waals surface area contributed by atoms with Crippen molar-refractivity contribution < 1.29 is 19.1 Å². The lowest BCUT2D eigenvalue weighted by molar-refractivity contribution is -0.168. The Morgan fingerprint density at radius 1 is 1.09 bits per heavy atom. The van der Waals surface area contributed by atoms with Gasteiger partial charge in [0.2, 0.25) is 0 Å². The zero-order valence-electron chi connectivity index (χ0n) is 14.6. The van der Waals surface area contributed by atoms with Gasteiger partial charge in [0.1, 0.15) is 12.2 Å². The average molecular weight is 312 g/mol. The Morgan fingerprint density at radius 3 is 2.23 bits per heavy atom. The summed E-state index contributed by atoms with van der Waals surface area (Å²) in [5, 5.41) is 0. The molecule has 0 spiro atoms. The first-order valence-corrected chi connectivity index (χ1v) is 8.88. The summed E-state index contributed by atoms with van der Waals surface area (Å²) in [6.07, 6.45) is 7.04. The van der Waals surface area contributed by atoms with E-state index in [-0.39, 0.29) is 12.2 Å². The summed E-state index contributed by atoms with van der Waals surface area (Å²) >= 11 is 0. The predicted molar refractivity (Wildman–Crippen MR) is 86.4 cm³/mol. The molecule has 0 radical (unpaired) electrons. The molecule has 4 heteroatoms. The van der Waals surface area contributed by atoms with Gasteiger partial charge < -0.3 is 9.47 Å². The Bertz CT molecular complexity index is 345. The number of carbonyl (C=O) groups is 2. The highest BCUT2D eigenvalue weighted by molar-refractivity contribution is 5.95. The molecule has 0 aromatic carbocycles. The molecule has 0 heterocycles. The van der Waals surface area contributed by atoms with Crippen LogP contribution in [0, 0.1) is 11.8 Å². The molecule has 0 amide bonds. The van der Waals surface area contributed by atoms with Gasteiger partial charge in [0, 0.05) is 0 Å². The Labute approximate surface area is 134 Å². The lowest BCUT2D eigenvalue weighted by Crippen LogP contribution is -2.32. The van der Waals surface area contributed by atoms with Crippen LogP contribution in [-0.2, 0) is 19.1 Å². The molecule has 128 valence electrons. The van der Waals surface area contributed by atoms with Gasteiger partial charge in [-0.25, -0.2) is 0 Å². The van der Waals surface area contributed by atoms with E-state index < -0.39 is 17.9 Å². The van der Waals surface area contributed by atoms with Gasteiger partial charge in [0.25, 0.3) is 0 Å². The van der Waals surface area contributed by atoms with Crippen LogP contribution in [0.15, 0.2) is 0 Å². The summed E-state index contributed by atoms with van der Waals surface area (Å²) < 4.78 is 11.1. The van der Waals surface area contributed by atoms with Gasteiger partial charge in [-0.2, -0.15) is 0 Å². The van der Waals surface area contributed by atoms with E-state index in [4.69, 9.17) is 9.47 Å². The highest BCUT2D eigenvalue weighted by atomic mass is 16.6. The Hall–Kier alpha value is -1.06. The van der Waals surface area contributed by atoms with E-state index >= 15 is 0 Å². The van der Waals surface area contributed by atoms with E-state index in [9.17, 15) is 9.59 Å². The first-order valence-electron chi connectivity index (χ1n) is 8.88.